The van der Waals surface area contributed by atoms with Crippen LogP contribution in [0.3, 0.4) is 0 Å². The fraction of sp³-hybridized carbons (Fsp3) is 0.750. The highest BCUT2D eigenvalue weighted by Crippen LogP contribution is 2.33. The number of aliphatic hydroxyl groups excluding tert-OH is 1. The van der Waals surface area contributed by atoms with Gasteiger partial charge in [-0.05, 0) is 38.5 Å². The van der Waals surface area contributed by atoms with Gasteiger partial charge in [0.05, 0.1) is 6.10 Å². The summed E-state index contributed by atoms with van der Waals surface area (Å²) in [5, 5.41) is 14.5. The lowest BCUT2D eigenvalue weighted by Gasteiger charge is -2.29. The molecule has 0 unspecified atom stereocenters. The Morgan fingerprint density at radius 2 is 2.13 bits per heavy atom. The van der Waals surface area contributed by atoms with Crippen LogP contribution in [0.1, 0.15) is 38.5 Å². The SMILES string of the molecule is Cn1ccnc1SC1CCC(NC(=O)[C@H]2C[C@@H](N)[C@H](O)C2)CC1. The standard InChI is InChI=1S/C16H26N4O2S/c1-20-7-6-18-16(20)23-12-4-2-11(3-5-12)19-15(22)10-8-13(17)14(21)9-10/h6-7,10-14,21H,2-5,8-9,17H2,1H3,(H,19,22)/t10-,11?,12?,13+,14+/m0/s1. The molecule has 1 heterocycles. The van der Waals surface area contributed by atoms with Crippen molar-refractivity contribution in [1.29, 1.82) is 0 Å². The van der Waals surface area contributed by atoms with Crippen molar-refractivity contribution in [2.45, 2.75) is 67.1 Å². The Morgan fingerprint density at radius 1 is 1.39 bits per heavy atom. The molecule has 0 aromatic carbocycles. The van der Waals surface area contributed by atoms with Gasteiger partial charge in [0.15, 0.2) is 5.16 Å². The number of carbonyl (C=O) groups is 1. The number of aliphatic hydroxyl groups is 1. The predicted molar refractivity (Wildman–Crippen MR) is 90.0 cm³/mol. The number of imidazole rings is 1. The molecule has 6 nitrogen and oxygen atoms in total. The van der Waals surface area contributed by atoms with Gasteiger partial charge in [-0.2, -0.15) is 0 Å². The van der Waals surface area contributed by atoms with Gasteiger partial charge in [0.1, 0.15) is 0 Å². The maximum absolute atomic E-state index is 12.3. The van der Waals surface area contributed by atoms with Crippen molar-refractivity contribution in [3.05, 3.63) is 12.4 Å². The average molecular weight is 338 g/mol. The van der Waals surface area contributed by atoms with Crippen molar-refractivity contribution in [3.8, 4) is 0 Å². The summed E-state index contributed by atoms with van der Waals surface area (Å²) in [6.07, 6.45) is 8.56. The summed E-state index contributed by atoms with van der Waals surface area (Å²) >= 11 is 1.83. The molecule has 0 saturated heterocycles. The highest BCUT2D eigenvalue weighted by Gasteiger charge is 2.35. The number of hydrogen-bond acceptors (Lipinski definition) is 5. The van der Waals surface area contributed by atoms with Gasteiger partial charge in [0.2, 0.25) is 5.91 Å². The zero-order valence-electron chi connectivity index (χ0n) is 13.5. The van der Waals surface area contributed by atoms with Crippen LogP contribution in [-0.4, -0.2) is 44.0 Å². The molecule has 0 radical (unpaired) electrons. The predicted octanol–water partition coefficient (Wildman–Crippen LogP) is 1.04. The van der Waals surface area contributed by atoms with Gasteiger partial charge in [-0.15, -0.1) is 0 Å². The molecule has 3 rings (SSSR count). The van der Waals surface area contributed by atoms with Gasteiger partial charge >= 0.3 is 0 Å². The van der Waals surface area contributed by atoms with Gasteiger partial charge in [0, 0.05) is 42.7 Å². The first kappa shape index (κ1) is 16.8. The van der Waals surface area contributed by atoms with E-state index in [2.05, 4.69) is 10.3 Å². The minimum atomic E-state index is -0.532. The number of nitrogens with zero attached hydrogens (tertiary/aromatic N) is 2. The van der Waals surface area contributed by atoms with Crippen LogP contribution in [0.15, 0.2) is 17.6 Å². The highest BCUT2D eigenvalue weighted by molar-refractivity contribution is 7.99. The number of thioether (sulfide) groups is 1. The molecule has 3 atom stereocenters. The van der Waals surface area contributed by atoms with E-state index in [0.29, 0.717) is 18.1 Å². The first-order valence-corrected chi connectivity index (χ1v) is 9.29. The number of nitrogens with one attached hydrogen (secondary N) is 1. The lowest BCUT2D eigenvalue weighted by Crippen LogP contribution is -2.41. The van der Waals surface area contributed by atoms with Crippen molar-refractivity contribution >= 4 is 17.7 Å². The fourth-order valence-electron chi connectivity index (χ4n) is 3.52. The van der Waals surface area contributed by atoms with Crippen LogP contribution >= 0.6 is 11.8 Å². The summed E-state index contributed by atoms with van der Waals surface area (Å²) in [6, 6.07) is 0.00496. The largest absolute Gasteiger partial charge is 0.391 e. The third kappa shape index (κ3) is 4.08. The van der Waals surface area contributed by atoms with E-state index in [0.717, 1.165) is 30.8 Å². The molecule has 1 aromatic heterocycles. The van der Waals surface area contributed by atoms with Gasteiger partial charge in [-0.1, -0.05) is 11.8 Å². The second-order valence-electron chi connectivity index (χ2n) is 6.82. The normalized spacial score (nSPS) is 34.5. The van der Waals surface area contributed by atoms with Crippen LogP contribution in [0.4, 0.5) is 0 Å². The number of hydrogen-bond donors (Lipinski definition) is 3. The van der Waals surface area contributed by atoms with E-state index >= 15 is 0 Å². The maximum atomic E-state index is 12.3. The van der Waals surface area contributed by atoms with E-state index in [-0.39, 0.29) is 23.9 Å². The zero-order chi connectivity index (χ0) is 16.4. The van der Waals surface area contributed by atoms with E-state index in [4.69, 9.17) is 5.73 Å². The minimum absolute atomic E-state index is 0.0669. The van der Waals surface area contributed by atoms with Gasteiger partial charge in [-0.25, -0.2) is 4.98 Å². The smallest absolute Gasteiger partial charge is 0.223 e. The van der Waals surface area contributed by atoms with E-state index in [1.165, 1.54) is 0 Å². The summed E-state index contributed by atoms with van der Waals surface area (Å²) < 4.78 is 2.05. The lowest BCUT2D eigenvalue weighted by atomic mass is 9.94. The molecule has 2 fully saturated rings. The van der Waals surface area contributed by atoms with Crippen LogP contribution in [0, 0.1) is 5.92 Å². The molecule has 1 aromatic rings. The first-order chi connectivity index (χ1) is 11.0. The highest BCUT2D eigenvalue weighted by atomic mass is 32.2. The number of nitrogens with two attached hydrogens (primary N) is 1. The van der Waals surface area contributed by atoms with Gasteiger partial charge in [-0.3, -0.25) is 4.79 Å². The molecule has 4 N–H and O–H groups in total. The van der Waals surface area contributed by atoms with Crippen molar-refractivity contribution in [3.63, 3.8) is 0 Å². The Labute approximate surface area is 141 Å². The number of carbonyl (C=O) groups excluding carboxylic acids is 1. The second kappa shape index (κ2) is 7.23. The van der Waals surface area contributed by atoms with Crippen LogP contribution in [-0.2, 0) is 11.8 Å². The van der Waals surface area contributed by atoms with E-state index in [9.17, 15) is 9.90 Å². The van der Waals surface area contributed by atoms with Gasteiger partial charge < -0.3 is 20.7 Å². The molecule has 128 valence electrons. The number of amides is 1. The van der Waals surface area contributed by atoms with Crippen molar-refractivity contribution < 1.29 is 9.90 Å². The first-order valence-electron chi connectivity index (χ1n) is 8.41. The van der Waals surface area contributed by atoms with Crippen LogP contribution in [0.2, 0.25) is 0 Å². The van der Waals surface area contributed by atoms with Crippen molar-refractivity contribution in [2.24, 2.45) is 18.7 Å². The maximum Gasteiger partial charge on any atom is 0.223 e. The Hall–Kier alpha value is -1.05. The molecule has 23 heavy (non-hydrogen) atoms. The fourth-order valence-corrected chi connectivity index (χ4v) is 4.68. The summed E-state index contributed by atoms with van der Waals surface area (Å²) in [4.78, 5) is 16.7. The van der Waals surface area contributed by atoms with Crippen molar-refractivity contribution in [2.75, 3.05) is 0 Å². The number of aryl methyl sites for hydroxylation is 1. The van der Waals surface area contributed by atoms with E-state index in [1.807, 2.05) is 35.8 Å². The molecule has 2 saturated carbocycles. The molecule has 0 spiro atoms. The molecule has 7 heteroatoms. The second-order valence-corrected chi connectivity index (χ2v) is 8.09. The third-order valence-corrected chi connectivity index (χ3v) is 6.43. The van der Waals surface area contributed by atoms with Crippen LogP contribution < -0.4 is 11.1 Å². The summed E-state index contributed by atoms with van der Waals surface area (Å²) in [5.74, 6) is -0.0585. The minimum Gasteiger partial charge on any atom is -0.391 e. The van der Waals surface area contributed by atoms with E-state index in [1.54, 1.807) is 0 Å². The van der Waals surface area contributed by atoms with E-state index < -0.39 is 6.10 Å². The molecular weight excluding hydrogens is 312 g/mol. The molecule has 0 aliphatic heterocycles. The zero-order valence-corrected chi connectivity index (χ0v) is 14.3. The Balaban J connectivity index is 1.42. The van der Waals surface area contributed by atoms with Gasteiger partial charge in [0.25, 0.3) is 0 Å². The summed E-state index contributed by atoms with van der Waals surface area (Å²) in [6.45, 7) is 0. The van der Waals surface area contributed by atoms with Crippen LogP contribution in [0.5, 0.6) is 0 Å². The molecule has 0 bridgehead atoms. The lowest BCUT2D eigenvalue weighted by molar-refractivity contribution is -0.126. The number of rotatable bonds is 4. The Morgan fingerprint density at radius 3 is 2.70 bits per heavy atom. The quantitative estimate of drug-likeness (QED) is 0.763. The average Bonchev–Trinajstić information content (AvgIpc) is 3.08. The third-order valence-electron chi connectivity index (χ3n) is 5.02. The Kier molecular flexibility index (Phi) is 5.28. The van der Waals surface area contributed by atoms with Crippen molar-refractivity contribution in [1.82, 2.24) is 14.9 Å². The Bertz CT molecular complexity index is 532. The molecule has 2 aliphatic carbocycles. The molecular formula is C16H26N4O2S. The monoisotopic (exact) mass is 338 g/mol. The number of aromatic nitrogens is 2. The summed E-state index contributed by atoms with van der Waals surface area (Å²) in [7, 11) is 2.02. The summed E-state index contributed by atoms with van der Waals surface area (Å²) in [5.41, 5.74) is 5.79. The van der Waals surface area contributed by atoms with Crippen LogP contribution in [0.25, 0.3) is 0 Å². The molecule has 1 amide bonds. The topological polar surface area (TPSA) is 93.2 Å². The molecule has 2 aliphatic rings.